The normalized spacial score (nSPS) is 21.1. The van der Waals surface area contributed by atoms with Crippen LogP contribution in [0.15, 0.2) is 46.9 Å². The molecule has 2 aliphatic heterocycles. The van der Waals surface area contributed by atoms with Gasteiger partial charge in [-0.25, -0.2) is 0 Å². The third-order valence-electron chi connectivity index (χ3n) is 5.69. The Hall–Kier alpha value is -2.15. The number of rotatable bonds is 3. The summed E-state index contributed by atoms with van der Waals surface area (Å²) in [5.41, 5.74) is 4.34. The van der Waals surface area contributed by atoms with Crippen LogP contribution in [0, 0.1) is 0 Å². The van der Waals surface area contributed by atoms with E-state index in [1.165, 1.54) is 10.9 Å². The van der Waals surface area contributed by atoms with Gasteiger partial charge in [0.2, 0.25) is 0 Å². The van der Waals surface area contributed by atoms with E-state index >= 15 is 0 Å². The van der Waals surface area contributed by atoms with E-state index in [1.54, 1.807) is 7.11 Å². The number of methoxy groups -OCH3 is 1. The van der Waals surface area contributed by atoms with E-state index < -0.39 is 5.54 Å². The van der Waals surface area contributed by atoms with Crippen LogP contribution in [0.4, 0.5) is 5.69 Å². The Balaban J connectivity index is 1.78. The molecule has 2 aliphatic rings. The number of nitrogens with one attached hydrogen (secondary N) is 2. The van der Waals surface area contributed by atoms with Gasteiger partial charge in [-0.1, -0.05) is 34.1 Å². The Morgan fingerprint density at radius 3 is 2.96 bits per heavy atom. The van der Waals surface area contributed by atoms with Gasteiger partial charge in [-0.2, -0.15) is 0 Å². The molecule has 0 bridgehead atoms. The standard InChI is InChI=1S/C21H20BrN3O2/c1-27-11-10-25-18-7-6-13(22)12-16(18)21(20(25)26)19-15(8-9-23-21)14-4-2-3-5-17(14)24-19/h2-7,12,23-24H,8-11H2,1H3/t21-/m0/s1. The minimum atomic E-state index is -0.876. The van der Waals surface area contributed by atoms with Crippen molar-refractivity contribution in [2.24, 2.45) is 0 Å². The van der Waals surface area contributed by atoms with Gasteiger partial charge in [-0.3, -0.25) is 10.1 Å². The molecule has 0 unspecified atom stereocenters. The zero-order valence-electron chi connectivity index (χ0n) is 15.0. The van der Waals surface area contributed by atoms with E-state index in [0.717, 1.165) is 39.9 Å². The third kappa shape index (κ3) is 2.27. The summed E-state index contributed by atoms with van der Waals surface area (Å²) in [6.07, 6.45) is 0.899. The SMILES string of the molecule is COCCN1C(=O)[C@]2(NCCc3c2[nH]c2ccccc32)c2cc(Br)ccc21. The number of aromatic amines is 1. The number of nitrogens with zero attached hydrogens (tertiary/aromatic N) is 1. The van der Waals surface area contributed by atoms with Crippen LogP contribution in [0.2, 0.25) is 0 Å². The molecule has 0 saturated carbocycles. The van der Waals surface area contributed by atoms with Gasteiger partial charge in [0.15, 0.2) is 5.54 Å². The summed E-state index contributed by atoms with van der Waals surface area (Å²) in [7, 11) is 1.66. The van der Waals surface area contributed by atoms with Gasteiger partial charge in [-0.05, 0) is 36.2 Å². The van der Waals surface area contributed by atoms with Gasteiger partial charge in [-0.15, -0.1) is 0 Å². The predicted molar refractivity (Wildman–Crippen MR) is 109 cm³/mol. The Morgan fingerprint density at radius 2 is 2.11 bits per heavy atom. The van der Waals surface area contributed by atoms with Gasteiger partial charge < -0.3 is 14.6 Å². The molecule has 2 aromatic carbocycles. The molecule has 5 rings (SSSR count). The molecule has 27 heavy (non-hydrogen) atoms. The Morgan fingerprint density at radius 1 is 1.26 bits per heavy atom. The van der Waals surface area contributed by atoms with Crippen LogP contribution < -0.4 is 10.2 Å². The molecule has 1 amide bonds. The smallest absolute Gasteiger partial charge is 0.258 e. The number of fused-ring (bicyclic) bond motifs is 6. The van der Waals surface area contributed by atoms with Gasteiger partial charge in [0, 0.05) is 46.8 Å². The van der Waals surface area contributed by atoms with Crippen LogP contribution in [0.25, 0.3) is 10.9 Å². The first-order valence-electron chi connectivity index (χ1n) is 9.13. The van der Waals surface area contributed by atoms with Crippen molar-refractivity contribution in [1.29, 1.82) is 0 Å². The van der Waals surface area contributed by atoms with Crippen LogP contribution >= 0.6 is 15.9 Å². The monoisotopic (exact) mass is 425 g/mol. The van der Waals surface area contributed by atoms with Crippen molar-refractivity contribution in [3.63, 3.8) is 0 Å². The average molecular weight is 426 g/mol. The lowest BCUT2D eigenvalue weighted by Gasteiger charge is -2.34. The molecule has 0 fully saturated rings. The lowest BCUT2D eigenvalue weighted by atomic mass is 9.82. The summed E-state index contributed by atoms with van der Waals surface area (Å²) in [4.78, 5) is 19.2. The number of hydrogen-bond donors (Lipinski definition) is 2. The number of anilines is 1. The molecule has 2 N–H and O–H groups in total. The second-order valence-corrected chi connectivity index (χ2v) is 7.98. The van der Waals surface area contributed by atoms with Crippen LogP contribution in [-0.4, -0.2) is 37.7 Å². The van der Waals surface area contributed by atoms with Crippen molar-refractivity contribution < 1.29 is 9.53 Å². The molecule has 0 aliphatic carbocycles. The highest BCUT2D eigenvalue weighted by Crippen LogP contribution is 2.48. The molecule has 3 heterocycles. The van der Waals surface area contributed by atoms with Gasteiger partial charge in [0.05, 0.1) is 12.3 Å². The summed E-state index contributed by atoms with van der Waals surface area (Å²) in [6.45, 7) is 1.78. The van der Waals surface area contributed by atoms with Gasteiger partial charge >= 0.3 is 0 Å². The maximum atomic E-state index is 13.8. The summed E-state index contributed by atoms with van der Waals surface area (Å²) in [6, 6.07) is 14.3. The quantitative estimate of drug-likeness (QED) is 0.676. The van der Waals surface area contributed by atoms with E-state index in [2.05, 4.69) is 50.5 Å². The van der Waals surface area contributed by atoms with Gasteiger partial charge in [0.25, 0.3) is 5.91 Å². The first-order valence-corrected chi connectivity index (χ1v) is 9.92. The highest BCUT2D eigenvalue weighted by Gasteiger charge is 2.55. The maximum Gasteiger partial charge on any atom is 0.258 e. The van der Waals surface area contributed by atoms with Crippen molar-refractivity contribution in [1.82, 2.24) is 10.3 Å². The Labute approximate surface area is 165 Å². The molecule has 1 atom stereocenters. The number of amides is 1. The van der Waals surface area contributed by atoms with E-state index in [0.29, 0.717) is 13.2 Å². The van der Waals surface area contributed by atoms with E-state index in [1.807, 2.05) is 23.1 Å². The van der Waals surface area contributed by atoms with Crippen molar-refractivity contribution in [3.05, 3.63) is 63.8 Å². The summed E-state index contributed by atoms with van der Waals surface area (Å²) in [5, 5.41) is 4.77. The fourth-order valence-corrected chi connectivity index (χ4v) is 4.89. The number of para-hydroxylation sites is 1. The lowest BCUT2D eigenvalue weighted by Crippen LogP contribution is -2.55. The Bertz CT molecular complexity index is 1060. The van der Waals surface area contributed by atoms with Crippen molar-refractivity contribution in [2.75, 3.05) is 31.7 Å². The number of hydrogen-bond acceptors (Lipinski definition) is 3. The van der Waals surface area contributed by atoms with E-state index in [-0.39, 0.29) is 5.91 Å². The highest BCUT2D eigenvalue weighted by atomic mass is 79.9. The molecule has 1 aromatic heterocycles. The number of H-pyrrole nitrogens is 1. The van der Waals surface area contributed by atoms with Crippen LogP contribution in [0.5, 0.6) is 0 Å². The molecule has 1 spiro atoms. The average Bonchev–Trinajstić information content (AvgIpc) is 3.17. The molecule has 0 saturated heterocycles. The lowest BCUT2D eigenvalue weighted by molar-refractivity contribution is -0.123. The number of carbonyl (C=O) groups excluding carboxylic acids is 1. The van der Waals surface area contributed by atoms with Crippen LogP contribution in [-0.2, 0) is 21.5 Å². The summed E-state index contributed by atoms with van der Waals surface area (Å²) in [5.74, 6) is 0.0557. The minimum Gasteiger partial charge on any atom is -0.383 e. The second-order valence-electron chi connectivity index (χ2n) is 7.06. The minimum absolute atomic E-state index is 0.0557. The summed E-state index contributed by atoms with van der Waals surface area (Å²) < 4.78 is 6.22. The van der Waals surface area contributed by atoms with E-state index in [9.17, 15) is 4.79 Å². The second kappa shape index (κ2) is 6.19. The first kappa shape index (κ1) is 17.0. The molecular weight excluding hydrogens is 406 g/mol. The van der Waals surface area contributed by atoms with Crippen molar-refractivity contribution >= 4 is 38.4 Å². The number of benzene rings is 2. The zero-order valence-corrected chi connectivity index (χ0v) is 16.6. The molecule has 138 valence electrons. The maximum absolute atomic E-state index is 13.8. The highest BCUT2D eigenvalue weighted by molar-refractivity contribution is 9.10. The van der Waals surface area contributed by atoms with Gasteiger partial charge in [0.1, 0.15) is 0 Å². The number of ether oxygens (including phenoxy) is 1. The molecule has 5 nitrogen and oxygen atoms in total. The van der Waals surface area contributed by atoms with Crippen LogP contribution in [0.1, 0.15) is 16.8 Å². The third-order valence-corrected chi connectivity index (χ3v) is 6.19. The molecule has 6 heteroatoms. The van der Waals surface area contributed by atoms with Crippen LogP contribution in [0.3, 0.4) is 0 Å². The van der Waals surface area contributed by atoms with Crippen molar-refractivity contribution in [3.8, 4) is 0 Å². The largest absolute Gasteiger partial charge is 0.383 e. The fourth-order valence-electron chi connectivity index (χ4n) is 4.53. The molecular formula is C21H20BrN3O2. The predicted octanol–water partition coefficient (Wildman–Crippen LogP) is 3.31. The topological polar surface area (TPSA) is 57.4 Å². The molecule has 0 radical (unpaired) electrons. The summed E-state index contributed by atoms with van der Waals surface area (Å²) >= 11 is 3.59. The number of halogens is 1. The zero-order chi connectivity index (χ0) is 18.6. The Kier molecular flexibility index (Phi) is 3.89. The van der Waals surface area contributed by atoms with Crippen molar-refractivity contribution in [2.45, 2.75) is 12.0 Å². The number of aromatic nitrogens is 1. The fraction of sp³-hybridized carbons (Fsp3) is 0.286. The van der Waals surface area contributed by atoms with E-state index in [4.69, 9.17) is 4.74 Å². The molecule has 3 aromatic rings. The number of carbonyl (C=O) groups is 1. The first-order chi connectivity index (χ1) is 13.2.